The van der Waals surface area contributed by atoms with Crippen LogP contribution >= 0.6 is 0 Å². The summed E-state index contributed by atoms with van der Waals surface area (Å²) in [5.41, 5.74) is 5.66. The van der Waals surface area contributed by atoms with Gasteiger partial charge in [-0.1, -0.05) is 23.8 Å². The van der Waals surface area contributed by atoms with Gasteiger partial charge in [0.2, 0.25) is 0 Å². The Bertz CT molecular complexity index is 1060. The molecule has 0 unspecified atom stereocenters. The van der Waals surface area contributed by atoms with Crippen molar-refractivity contribution in [2.45, 2.75) is 84.7 Å². The van der Waals surface area contributed by atoms with Crippen molar-refractivity contribution in [2.75, 3.05) is 31.1 Å². The van der Waals surface area contributed by atoms with Crippen molar-refractivity contribution in [1.82, 2.24) is 15.2 Å². The third-order valence-electron chi connectivity index (χ3n) is 7.92. The highest BCUT2D eigenvalue weighted by Gasteiger charge is 2.28. The summed E-state index contributed by atoms with van der Waals surface area (Å²) in [7, 11) is 0. The average Bonchev–Trinajstić information content (AvgIpc) is 2.87. The van der Waals surface area contributed by atoms with Crippen molar-refractivity contribution in [3.8, 4) is 0 Å². The largest absolute Gasteiger partial charge is 0.367 e. The number of nitrogens with zero attached hydrogens (tertiary/aromatic N) is 3. The molecule has 0 spiro atoms. The van der Waals surface area contributed by atoms with Crippen molar-refractivity contribution in [1.29, 1.82) is 0 Å². The van der Waals surface area contributed by atoms with E-state index in [1.165, 1.54) is 0 Å². The van der Waals surface area contributed by atoms with E-state index in [9.17, 15) is 9.59 Å². The quantitative estimate of drug-likeness (QED) is 0.601. The number of amides is 1. The Morgan fingerprint density at radius 1 is 1.17 bits per heavy atom. The number of ketones is 1. The second-order valence-electron chi connectivity index (χ2n) is 10.7. The summed E-state index contributed by atoms with van der Waals surface area (Å²) in [6.45, 7) is 12.1. The van der Waals surface area contributed by atoms with Crippen molar-refractivity contribution in [3.05, 3.63) is 58.5 Å². The summed E-state index contributed by atoms with van der Waals surface area (Å²) in [6.07, 6.45) is 16.4. The van der Waals surface area contributed by atoms with Crippen LogP contribution in [0.3, 0.4) is 0 Å². The van der Waals surface area contributed by atoms with E-state index in [4.69, 9.17) is 0 Å². The number of carbonyl (C=O) groups excluding carboxylic acids is 2. The molecule has 0 atom stereocenters. The Balaban J connectivity index is 1.63. The molecule has 36 heavy (non-hydrogen) atoms. The van der Waals surface area contributed by atoms with E-state index < -0.39 is 0 Å². The molecular formula is C30H42N4O2. The Morgan fingerprint density at radius 2 is 1.94 bits per heavy atom. The van der Waals surface area contributed by atoms with E-state index in [2.05, 4.69) is 59.1 Å². The van der Waals surface area contributed by atoms with Crippen LogP contribution in [0.2, 0.25) is 0 Å². The number of hydrogen-bond donors (Lipinski definition) is 1. The summed E-state index contributed by atoms with van der Waals surface area (Å²) >= 11 is 0. The third kappa shape index (κ3) is 5.97. The van der Waals surface area contributed by atoms with Gasteiger partial charge in [0.05, 0.1) is 17.4 Å². The predicted octanol–water partition coefficient (Wildman–Crippen LogP) is 5.01. The first-order valence-electron chi connectivity index (χ1n) is 13.7. The number of rotatable bonds is 4. The number of piperidine rings is 1. The first-order chi connectivity index (χ1) is 17.4. The topological polar surface area (TPSA) is 65.5 Å². The number of anilines is 1. The minimum Gasteiger partial charge on any atom is -0.367 e. The van der Waals surface area contributed by atoms with Crippen LogP contribution in [0.25, 0.3) is 0 Å². The number of likely N-dealkylation sites (tertiary alicyclic amines) is 1. The second-order valence-corrected chi connectivity index (χ2v) is 10.7. The predicted molar refractivity (Wildman–Crippen MR) is 146 cm³/mol. The molecule has 3 aliphatic rings. The van der Waals surface area contributed by atoms with E-state index >= 15 is 0 Å². The Hall–Kier alpha value is -2.73. The van der Waals surface area contributed by atoms with Crippen LogP contribution in [0.1, 0.15) is 82.1 Å². The molecule has 2 aliphatic heterocycles. The first kappa shape index (κ1) is 26.3. The fourth-order valence-corrected chi connectivity index (χ4v) is 5.88. The van der Waals surface area contributed by atoms with Crippen molar-refractivity contribution in [2.24, 2.45) is 0 Å². The third-order valence-corrected chi connectivity index (χ3v) is 7.92. The van der Waals surface area contributed by atoms with Gasteiger partial charge in [-0.15, -0.1) is 0 Å². The summed E-state index contributed by atoms with van der Waals surface area (Å²) in [6, 6.07) is 1.02. The molecule has 1 aromatic rings. The van der Waals surface area contributed by atoms with E-state index in [0.29, 0.717) is 30.5 Å². The molecule has 1 aromatic heterocycles. The number of hydrogen-bond acceptors (Lipinski definition) is 5. The Labute approximate surface area is 216 Å². The number of carbonyl (C=O) groups is 2. The molecule has 4 rings (SSSR count). The van der Waals surface area contributed by atoms with Gasteiger partial charge in [0.25, 0.3) is 5.91 Å². The van der Waals surface area contributed by atoms with Crippen LogP contribution in [-0.2, 0) is 11.2 Å². The van der Waals surface area contributed by atoms with Crippen molar-refractivity contribution >= 4 is 17.4 Å². The highest BCUT2D eigenvalue weighted by molar-refractivity contribution is 6.02. The van der Waals surface area contributed by atoms with Gasteiger partial charge < -0.3 is 15.1 Å². The molecule has 1 N–H and O–H groups in total. The van der Waals surface area contributed by atoms with Crippen LogP contribution < -0.4 is 10.2 Å². The summed E-state index contributed by atoms with van der Waals surface area (Å²) < 4.78 is 0. The molecule has 1 fully saturated rings. The number of aromatic nitrogens is 1. The Kier molecular flexibility index (Phi) is 8.78. The zero-order chi connectivity index (χ0) is 25.7. The molecule has 0 bridgehead atoms. The molecule has 1 saturated heterocycles. The van der Waals surface area contributed by atoms with Crippen molar-refractivity contribution < 1.29 is 9.59 Å². The smallest absolute Gasteiger partial charge is 0.253 e. The van der Waals surface area contributed by atoms with E-state index in [0.717, 1.165) is 79.7 Å². The summed E-state index contributed by atoms with van der Waals surface area (Å²) in [5, 5.41) is 3.07. The molecule has 6 nitrogen and oxygen atoms in total. The number of nitrogens with one attached hydrogen (secondary N) is 1. The molecule has 3 heterocycles. The van der Waals surface area contributed by atoms with Crippen LogP contribution in [0.15, 0.2) is 47.3 Å². The van der Waals surface area contributed by atoms with Gasteiger partial charge in [-0.3, -0.25) is 14.6 Å². The fraction of sp³-hybridized carbons (Fsp3) is 0.567. The molecule has 0 radical (unpaired) electrons. The minimum absolute atomic E-state index is 0.132. The molecular weight excluding hydrogens is 448 g/mol. The van der Waals surface area contributed by atoms with Crippen molar-refractivity contribution in [3.63, 3.8) is 0 Å². The number of Topliss-reactive ketones (excluding diaryl/α,β-unsaturated/α-hetero) is 1. The maximum absolute atomic E-state index is 13.5. The molecule has 1 amide bonds. The van der Waals surface area contributed by atoms with Crippen LogP contribution in [-0.4, -0.2) is 59.8 Å². The standard InChI is InChI=1S/C30H42N4O2/c1-5-34(24-12-14-33(15-13-24)21(2)3)28-20-31-18-27-25(28)11-9-7-6-8-10-23-16-22(4)17-29(35)26(23)19-32-30(27)36/h7,9,16,18,20-21,24H,5-6,8,10-15,17,19H2,1-4H3,(H,32,36)/b9-7+. The van der Waals surface area contributed by atoms with Gasteiger partial charge in [-0.25, -0.2) is 0 Å². The lowest BCUT2D eigenvalue weighted by atomic mass is 9.89. The summed E-state index contributed by atoms with van der Waals surface area (Å²) in [4.78, 5) is 35.8. The minimum atomic E-state index is -0.149. The van der Waals surface area contributed by atoms with Gasteiger partial charge in [0.15, 0.2) is 5.78 Å². The van der Waals surface area contributed by atoms with Gasteiger partial charge in [0, 0.05) is 56.5 Å². The number of allylic oxidation sites excluding steroid dienone is 5. The van der Waals surface area contributed by atoms with Gasteiger partial charge in [-0.2, -0.15) is 0 Å². The molecule has 6 heteroatoms. The first-order valence-corrected chi connectivity index (χ1v) is 13.7. The van der Waals surface area contributed by atoms with Crippen LogP contribution in [0.5, 0.6) is 0 Å². The molecule has 1 aliphatic carbocycles. The normalized spacial score (nSPS) is 21.5. The SMILES string of the molecule is CCN(c1cncc2c1C/C=C/CCCC1=C(CNC2=O)C(=O)CC(C)=C1)C1CCN(C(C)C)CC1. The van der Waals surface area contributed by atoms with Gasteiger partial charge >= 0.3 is 0 Å². The fourth-order valence-electron chi connectivity index (χ4n) is 5.88. The highest BCUT2D eigenvalue weighted by Crippen LogP contribution is 2.30. The second kappa shape index (κ2) is 12.0. The lowest BCUT2D eigenvalue weighted by Crippen LogP contribution is -2.47. The zero-order valence-corrected chi connectivity index (χ0v) is 22.5. The Morgan fingerprint density at radius 3 is 2.67 bits per heavy atom. The average molecular weight is 491 g/mol. The van der Waals surface area contributed by atoms with E-state index in [1.807, 2.05) is 13.1 Å². The van der Waals surface area contributed by atoms with Gasteiger partial charge in [0.1, 0.15) is 0 Å². The van der Waals surface area contributed by atoms with Crippen LogP contribution in [0.4, 0.5) is 5.69 Å². The summed E-state index contributed by atoms with van der Waals surface area (Å²) in [5.74, 6) is -0.0173. The number of fused-ring (bicyclic) bond motifs is 1. The van der Waals surface area contributed by atoms with E-state index in [-0.39, 0.29) is 18.2 Å². The molecule has 0 saturated carbocycles. The lowest BCUT2D eigenvalue weighted by Gasteiger charge is -2.41. The monoisotopic (exact) mass is 490 g/mol. The molecule has 0 aromatic carbocycles. The maximum Gasteiger partial charge on any atom is 0.253 e. The number of pyridine rings is 1. The zero-order valence-electron chi connectivity index (χ0n) is 22.5. The lowest BCUT2D eigenvalue weighted by molar-refractivity contribution is -0.115. The van der Waals surface area contributed by atoms with Crippen LogP contribution in [0, 0.1) is 0 Å². The molecule has 194 valence electrons. The van der Waals surface area contributed by atoms with Gasteiger partial charge in [-0.05, 0) is 77.4 Å². The van der Waals surface area contributed by atoms with E-state index in [1.54, 1.807) is 6.20 Å². The maximum atomic E-state index is 13.5. The highest BCUT2D eigenvalue weighted by atomic mass is 16.2.